The molecule has 0 saturated carbocycles. The highest BCUT2D eigenvalue weighted by Crippen LogP contribution is 2.22. The zero-order chi connectivity index (χ0) is 14.4. The monoisotopic (exact) mass is 265 g/mol. The summed E-state index contributed by atoms with van der Waals surface area (Å²) in [6.45, 7) is 8.76. The Morgan fingerprint density at radius 3 is 2.74 bits per heavy atom. The van der Waals surface area contributed by atoms with Crippen LogP contribution in [0.4, 0.5) is 5.69 Å². The second-order valence-corrected chi connectivity index (χ2v) is 4.87. The van der Waals surface area contributed by atoms with Gasteiger partial charge in [-0.15, -0.1) is 0 Å². The molecular formula is C14H23N3O2. The van der Waals surface area contributed by atoms with Crippen molar-refractivity contribution in [2.75, 3.05) is 26.7 Å². The van der Waals surface area contributed by atoms with Gasteiger partial charge in [0, 0.05) is 30.8 Å². The molecule has 0 bridgehead atoms. The minimum Gasteiger partial charge on any atom is -0.309 e. The van der Waals surface area contributed by atoms with Gasteiger partial charge in [-0.25, -0.2) is 0 Å². The van der Waals surface area contributed by atoms with Crippen molar-refractivity contribution in [1.29, 1.82) is 0 Å². The van der Waals surface area contributed by atoms with Gasteiger partial charge in [-0.3, -0.25) is 10.1 Å². The predicted octanol–water partition coefficient (Wildman–Crippen LogP) is 2.51. The van der Waals surface area contributed by atoms with Crippen LogP contribution in [-0.2, 0) is 0 Å². The maximum Gasteiger partial charge on any atom is 0.272 e. The van der Waals surface area contributed by atoms with Crippen LogP contribution in [0.3, 0.4) is 0 Å². The Bertz CT molecular complexity index is 435. The van der Waals surface area contributed by atoms with E-state index in [1.807, 2.05) is 19.1 Å². The van der Waals surface area contributed by atoms with Crippen molar-refractivity contribution in [3.63, 3.8) is 0 Å². The van der Waals surface area contributed by atoms with Gasteiger partial charge in [-0.2, -0.15) is 0 Å². The lowest BCUT2D eigenvalue weighted by Gasteiger charge is -2.18. The maximum absolute atomic E-state index is 10.9. The molecule has 0 aliphatic heterocycles. The zero-order valence-electron chi connectivity index (χ0n) is 12.1. The normalized spacial score (nSPS) is 12.7. The van der Waals surface area contributed by atoms with Gasteiger partial charge in [-0.05, 0) is 33.0 Å². The molecule has 0 saturated heterocycles. The molecule has 1 rings (SSSR count). The second kappa shape index (κ2) is 7.21. The van der Waals surface area contributed by atoms with E-state index in [4.69, 9.17) is 0 Å². The summed E-state index contributed by atoms with van der Waals surface area (Å²) in [5, 5.41) is 14.3. The van der Waals surface area contributed by atoms with E-state index in [2.05, 4.69) is 24.2 Å². The Kier molecular flexibility index (Phi) is 5.92. The third-order valence-corrected chi connectivity index (χ3v) is 3.41. The molecule has 1 atom stereocenters. The lowest BCUT2D eigenvalue weighted by molar-refractivity contribution is -0.385. The fourth-order valence-electron chi connectivity index (χ4n) is 1.84. The van der Waals surface area contributed by atoms with Crippen molar-refractivity contribution in [1.82, 2.24) is 10.2 Å². The van der Waals surface area contributed by atoms with Crippen LogP contribution in [0.5, 0.6) is 0 Å². The first-order valence-electron chi connectivity index (χ1n) is 6.62. The van der Waals surface area contributed by atoms with Crippen LogP contribution in [0, 0.1) is 17.0 Å². The number of benzene rings is 1. The number of aryl methyl sites for hydroxylation is 1. The molecule has 1 N–H and O–H groups in total. The molecule has 5 heteroatoms. The van der Waals surface area contributed by atoms with Crippen molar-refractivity contribution in [3.8, 4) is 0 Å². The molecule has 106 valence electrons. The molecule has 0 aliphatic rings. The van der Waals surface area contributed by atoms with Crippen LogP contribution in [0.2, 0.25) is 0 Å². The van der Waals surface area contributed by atoms with Crippen molar-refractivity contribution in [3.05, 3.63) is 39.4 Å². The summed E-state index contributed by atoms with van der Waals surface area (Å²) >= 11 is 0. The Morgan fingerprint density at radius 1 is 1.47 bits per heavy atom. The Balaban J connectivity index is 2.64. The van der Waals surface area contributed by atoms with E-state index in [9.17, 15) is 10.1 Å². The van der Waals surface area contributed by atoms with Crippen LogP contribution in [0.15, 0.2) is 18.2 Å². The highest BCUT2D eigenvalue weighted by molar-refractivity contribution is 5.43. The van der Waals surface area contributed by atoms with Gasteiger partial charge in [0.2, 0.25) is 0 Å². The summed E-state index contributed by atoms with van der Waals surface area (Å²) in [5.74, 6) is 0. The molecule has 0 radical (unpaired) electrons. The van der Waals surface area contributed by atoms with Gasteiger partial charge in [-0.1, -0.05) is 19.1 Å². The number of nitrogens with one attached hydrogen (secondary N) is 1. The fourth-order valence-corrected chi connectivity index (χ4v) is 1.84. The Labute approximate surface area is 114 Å². The van der Waals surface area contributed by atoms with Crippen LogP contribution < -0.4 is 5.32 Å². The van der Waals surface area contributed by atoms with E-state index < -0.39 is 0 Å². The Hall–Kier alpha value is -1.46. The number of hydrogen-bond acceptors (Lipinski definition) is 4. The molecule has 1 unspecified atom stereocenters. The van der Waals surface area contributed by atoms with Gasteiger partial charge >= 0.3 is 0 Å². The van der Waals surface area contributed by atoms with Crippen LogP contribution in [0.1, 0.15) is 31.0 Å². The molecule has 5 nitrogen and oxygen atoms in total. The summed E-state index contributed by atoms with van der Waals surface area (Å²) in [4.78, 5) is 12.8. The molecule has 0 heterocycles. The quantitative estimate of drug-likeness (QED) is 0.608. The predicted molar refractivity (Wildman–Crippen MR) is 77.4 cm³/mol. The summed E-state index contributed by atoms with van der Waals surface area (Å²) in [7, 11) is 2.07. The summed E-state index contributed by atoms with van der Waals surface area (Å²) < 4.78 is 0. The molecule has 0 spiro atoms. The minimum absolute atomic E-state index is 0.115. The number of hydrogen-bond donors (Lipinski definition) is 1. The van der Waals surface area contributed by atoms with Crippen LogP contribution in [0.25, 0.3) is 0 Å². The van der Waals surface area contributed by atoms with Gasteiger partial charge in [0.25, 0.3) is 5.69 Å². The number of nitro benzene ring substituents is 1. The number of nitrogens with zero attached hydrogens (tertiary/aromatic N) is 2. The molecule has 0 aromatic heterocycles. The largest absolute Gasteiger partial charge is 0.309 e. The number of rotatable bonds is 7. The molecule has 19 heavy (non-hydrogen) atoms. The second-order valence-electron chi connectivity index (χ2n) is 4.87. The van der Waals surface area contributed by atoms with E-state index in [0.29, 0.717) is 5.56 Å². The smallest absolute Gasteiger partial charge is 0.272 e. The maximum atomic E-state index is 10.9. The van der Waals surface area contributed by atoms with Crippen LogP contribution >= 0.6 is 0 Å². The first-order chi connectivity index (χ1) is 8.95. The molecule has 0 fully saturated rings. The summed E-state index contributed by atoms with van der Waals surface area (Å²) in [5.41, 5.74) is 1.85. The molecule has 0 amide bonds. The van der Waals surface area contributed by atoms with E-state index in [1.54, 1.807) is 13.0 Å². The third-order valence-electron chi connectivity index (χ3n) is 3.41. The van der Waals surface area contributed by atoms with Crippen molar-refractivity contribution in [2.24, 2.45) is 0 Å². The molecular weight excluding hydrogens is 242 g/mol. The molecule has 1 aromatic carbocycles. The number of likely N-dealkylation sites (N-methyl/N-ethyl adjacent to an activating group) is 1. The zero-order valence-corrected chi connectivity index (χ0v) is 12.1. The number of nitro groups is 1. The average molecular weight is 265 g/mol. The van der Waals surface area contributed by atoms with Gasteiger partial charge in [0.05, 0.1) is 4.92 Å². The fraction of sp³-hybridized carbons (Fsp3) is 0.571. The van der Waals surface area contributed by atoms with Crippen LogP contribution in [-0.4, -0.2) is 36.5 Å². The SMILES string of the molecule is CCN(C)CCNC(C)c1ccc(C)c([N+](=O)[O-])c1. The lowest BCUT2D eigenvalue weighted by atomic mass is 10.0. The summed E-state index contributed by atoms with van der Waals surface area (Å²) in [6.07, 6.45) is 0. The molecule has 0 aliphatic carbocycles. The van der Waals surface area contributed by atoms with Gasteiger partial charge < -0.3 is 10.2 Å². The topological polar surface area (TPSA) is 58.4 Å². The highest BCUT2D eigenvalue weighted by Gasteiger charge is 2.14. The standard InChI is InChI=1S/C14H23N3O2/c1-5-16(4)9-8-15-12(3)13-7-6-11(2)14(10-13)17(18)19/h6-7,10,12,15H,5,8-9H2,1-4H3. The van der Waals surface area contributed by atoms with Gasteiger partial charge in [0.1, 0.15) is 0 Å². The Morgan fingerprint density at radius 2 is 2.16 bits per heavy atom. The van der Waals surface area contributed by atoms with E-state index in [0.717, 1.165) is 25.2 Å². The summed E-state index contributed by atoms with van der Waals surface area (Å²) in [6, 6.07) is 5.54. The highest BCUT2D eigenvalue weighted by atomic mass is 16.6. The van der Waals surface area contributed by atoms with Crippen molar-refractivity contribution < 1.29 is 4.92 Å². The van der Waals surface area contributed by atoms with Crippen molar-refractivity contribution >= 4 is 5.69 Å². The minimum atomic E-state index is -0.323. The van der Waals surface area contributed by atoms with Crippen molar-refractivity contribution in [2.45, 2.75) is 26.8 Å². The van der Waals surface area contributed by atoms with Gasteiger partial charge in [0.15, 0.2) is 0 Å². The van der Waals surface area contributed by atoms with E-state index in [1.165, 1.54) is 0 Å². The van der Waals surface area contributed by atoms with E-state index in [-0.39, 0.29) is 16.7 Å². The van der Waals surface area contributed by atoms with E-state index >= 15 is 0 Å². The average Bonchev–Trinajstić information content (AvgIpc) is 2.38. The molecule has 1 aromatic rings. The lowest BCUT2D eigenvalue weighted by Crippen LogP contribution is -2.30. The first-order valence-corrected chi connectivity index (χ1v) is 6.62. The third kappa shape index (κ3) is 4.61. The first kappa shape index (κ1) is 15.6.